The van der Waals surface area contributed by atoms with E-state index in [4.69, 9.17) is 9.47 Å². The van der Waals surface area contributed by atoms with Crippen LogP contribution in [0.1, 0.15) is 22.5 Å². The van der Waals surface area contributed by atoms with Gasteiger partial charge in [0.05, 0.1) is 12.8 Å². The number of rotatable bonds is 8. The van der Waals surface area contributed by atoms with Crippen LogP contribution in [0.4, 0.5) is 11.4 Å². The molecule has 0 saturated carbocycles. The van der Waals surface area contributed by atoms with Crippen LogP contribution in [0.3, 0.4) is 0 Å². The van der Waals surface area contributed by atoms with Crippen LogP contribution >= 0.6 is 0 Å². The van der Waals surface area contributed by atoms with Crippen molar-refractivity contribution in [3.05, 3.63) is 47.8 Å². The van der Waals surface area contributed by atoms with Gasteiger partial charge >= 0.3 is 0 Å². The van der Waals surface area contributed by atoms with Crippen molar-refractivity contribution in [3.63, 3.8) is 0 Å². The predicted molar refractivity (Wildman–Crippen MR) is 94.9 cm³/mol. The minimum atomic E-state index is -0.278. The molecule has 24 heavy (non-hydrogen) atoms. The normalized spacial score (nSPS) is 10.3. The maximum atomic E-state index is 12.4. The van der Waals surface area contributed by atoms with E-state index < -0.39 is 0 Å². The van der Waals surface area contributed by atoms with Gasteiger partial charge in [-0.05, 0) is 43.2 Å². The van der Waals surface area contributed by atoms with Gasteiger partial charge in [-0.1, -0.05) is 6.07 Å². The summed E-state index contributed by atoms with van der Waals surface area (Å²) in [7, 11) is 3.25. The molecule has 0 unspecified atom stereocenters. The fourth-order valence-electron chi connectivity index (χ4n) is 2.22. The number of ether oxygens (including phenoxy) is 2. The van der Waals surface area contributed by atoms with E-state index in [0.717, 1.165) is 24.2 Å². The lowest BCUT2D eigenvalue weighted by Gasteiger charge is -2.11. The number of aryl methyl sites for hydroxylation is 1. The zero-order chi connectivity index (χ0) is 17.4. The van der Waals surface area contributed by atoms with Crippen LogP contribution in [-0.4, -0.2) is 38.3 Å². The molecule has 2 aromatic rings. The van der Waals surface area contributed by atoms with E-state index in [-0.39, 0.29) is 5.91 Å². The second kappa shape index (κ2) is 8.88. The SMILES string of the molecule is COCCCNc1ccnc(C(=O)Nc2cc(C)ccc2OC)c1. The molecule has 0 bridgehead atoms. The summed E-state index contributed by atoms with van der Waals surface area (Å²) in [4.78, 5) is 16.6. The number of hydrogen-bond donors (Lipinski definition) is 2. The van der Waals surface area contributed by atoms with Crippen LogP contribution in [0.25, 0.3) is 0 Å². The van der Waals surface area contributed by atoms with Crippen LogP contribution in [0.15, 0.2) is 36.5 Å². The maximum absolute atomic E-state index is 12.4. The second-order valence-electron chi connectivity index (χ2n) is 5.36. The van der Waals surface area contributed by atoms with E-state index in [1.54, 1.807) is 26.5 Å². The van der Waals surface area contributed by atoms with E-state index in [0.29, 0.717) is 23.7 Å². The Kier molecular flexibility index (Phi) is 6.57. The molecule has 2 rings (SSSR count). The molecule has 1 aromatic carbocycles. The van der Waals surface area contributed by atoms with E-state index in [1.807, 2.05) is 31.2 Å². The summed E-state index contributed by atoms with van der Waals surface area (Å²) in [6.45, 7) is 3.42. The van der Waals surface area contributed by atoms with Gasteiger partial charge in [0.2, 0.25) is 0 Å². The van der Waals surface area contributed by atoms with Crippen LogP contribution in [0.5, 0.6) is 5.75 Å². The zero-order valence-electron chi connectivity index (χ0n) is 14.3. The third-order valence-electron chi connectivity index (χ3n) is 3.45. The molecule has 1 aromatic heterocycles. The van der Waals surface area contributed by atoms with Gasteiger partial charge in [-0.25, -0.2) is 0 Å². The molecule has 128 valence electrons. The first-order chi connectivity index (χ1) is 11.6. The van der Waals surface area contributed by atoms with Crippen molar-refractivity contribution in [2.45, 2.75) is 13.3 Å². The van der Waals surface area contributed by atoms with E-state index in [2.05, 4.69) is 15.6 Å². The molecule has 0 radical (unpaired) electrons. The number of hydrogen-bond acceptors (Lipinski definition) is 5. The molecule has 0 aliphatic heterocycles. The number of pyridine rings is 1. The second-order valence-corrected chi connectivity index (χ2v) is 5.36. The highest BCUT2D eigenvalue weighted by atomic mass is 16.5. The Bertz CT molecular complexity index is 689. The fourth-order valence-corrected chi connectivity index (χ4v) is 2.22. The standard InChI is InChI=1S/C18H23N3O3/c1-13-5-6-17(24-3)15(11-13)21-18(22)16-12-14(7-9-20-16)19-8-4-10-23-2/h5-7,9,11-12H,4,8,10H2,1-3H3,(H,19,20)(H,21,22). The zero-order valence-corrected chi connectivity index (χ0v) is 14.3. The summed E-state index contributed by atoms with van der Waals surface area (Å²) in [5.41, 5.74) is 2.85. The maximum Gasteiger partial charge on any atom is 0.274 e. The molecule has 1 amide bonds. The Balaban J connectivity index is 2.06. The lowest BCUT2D eigenvalue weighted by atomic mass is 10.2. The van der Waals surface area contributed by atoms with Crippen molar-refractivity contribution in [2.75, 3.05) is 38.0 Å². The van der Waals surface area contributed by atoms with Gasteiger partial charge in [0, 0.05) is 32.1 Å². The lowest BCUT2D eigenvalue weighted by molar-refractivity contribution is 0.102. The highest BCUT2D eigenvalue weighted by Crippen LogP contribution is 2.25. The number of carbonyl (C=O) groups is 1. The third kappa shape index (κ3) is 4.96. The summed E-state index contributed by atoms with van der Waals surface area (Å²) < 4.78 is 10.3. The van der Waals surface area contributed by atoms with Gasteiger partial charge in [0.1, 0.15) is 11.4 Å². The average Bonchev–Trinajstić information content (AvgIpc) is 2.59. The van der Waals surface area contributed by atoms with Gasteiger partial charge in [-0.2, -0.15) is 0 Å². The Labute approximate surface area is 142 Å². The highest BCUT2D eigenvalue weighted by Gasteiger charge is 2.11. The van der Waals surface area contributed by atoms with Gasteiger partial charge in [0.15, 0.2) is 0 Å². The van der Waals surface area contributed by atoms with Gasteiger partial charge in [-0.15, -0.1) is 0 Å². The molecule has 2 N–H and O–H groups in total. The molecular weight excluding hydrogens is 306 g/mol. The topological polar surface area (TPSA) is 72.5 Å². The summed E-state index contributed by atoms with van der Waals surface area (Å²) in [5.74, 6) is 0.335. The number of aromatic nitrogens is 1. The molecule has 0 saturated heterocycles. The van der Waals surface area contributed by atoms with Crippen LogP contribution in [0, 0.1) is 6.92 Å². The molecule has 1 heterocycles. The molecule has 0 fully saturated rings. The number of methoxy groups -OCH3 is 2. The monoisotopic (exact) mass is 329 g/mol. The van der Waals surface area contributed by atoms with Gasteiger partial charge < -0.3 is 20.1 Å². The summed E-state index contributed by atoms with van der Waals surface area (Å²) >= 11 is 0. The summed E-state index contributed by atoms with van der Waals surface area (Å²) in [6, 6.07) is 9.17. The summed E-state index contributed by atoms with van der Waals surface area (Å²) in [5, 5.41) is 6.09. The van der Waals surface area contributed by atoms with Crippen LogP contribution in [-0.2, 0) is 4.74 Å². The molecule has 6 nitrogen and oxygen atoms in total. The quantitative estimate of drug-likeness (QED) is 0.728. The number of nitrogens with one attached hydrogen (secondary N) is 2. The number of nitrogens with zero attached hydrogens (tertiary/aromatic N) is 1. The molecule has 0 atom stereocenters. The Hall–Kier alpha value is -2.60. The van der Waals surface area contributed by atoms with Crippen LogP contribution < -0.4 is 15.4 Å². The van der Waals surface area contributed by atoms with Crippen molar-refractivity contribution in [3.8, 4) is 5.75 Å². The Morgan fingerprint density at radius 2 is 2.04 bits per heavy atom. The molecule has 0 aliphatic rings. The highest BCUT2D eigenvalue weighted by molar-refractivity contribution is 6.04. The number of amides is 1. The molecule has 0 spiro atoms. The number of carbonyl (C=O) groups excluding carboxylic acids is 1. The van der Waals surface area contributed by atoms with Crippen molar-refractivity contribution >= 4 is 17.3 Å². The predicted octanol–water partition coefficient (Wildman–Crippen LogP) is 3.10. The van der Waals surface area contributed by atoms with E-state index in [9.17, 15) is 4.79 Å². The Morgan fingerprint density at radius 1 is 1.21 bits per heavy atom. The number of benzene rings is 1. The first kappa shape index (κ1) is 17.7. The minimum absolute atomic E-state index is 0.278. The van der Waals surface area contributed by atoms with Crippen molar-refractivity contribution < 1.29 is 14.3 Å². The van der Waals surface area contributed by atoms with Gasteiger partial charge in [0.25, 0.3) is 5.91 Å². The van der Waals surface area contributed by atoms with Crippen LogP contribution in [0.2, 0.25) is 0 Å². The number of anilines is 2. The lowest BCUT2D eigenvalue weighted by Crippen LogP contribution is -2.15. The average molecular weight is 329 g/mol. The largest absolute Gasteiger partial charge is 0.495 e. The Morgan fingerprint density at radius 3 is 2.79 bits per heavy atom. The van der Waals surface area contributed by atoms with E-state index in [1.165, 1.54) is 0 Å². The van der Waals surface area contributed by atoms with Crippen molar-refractivity contribution in [1.82, 2.24) is 4.98 Å². The first-order valence-corrected chi connectivity index (χ1v) is 7.79. The fraction of sp³-hybridized carbons (Fsp3) is 0.333. The first-order valence-electron chi connectivity index (χ1n) is 7.79. The smallest absolute Gasteiger partial charge is 0.274 e. The minimum Gasteiger partial charge on any atom is -0.495 e. The molecule has 6 heteroatoms. The van der Waals surface area contributed by atoms with E-state index >= 15 is 0 Å². The molecule has 0 aliphatic carbocycles. The van der Waals surface area contributed by atoms with Crippen molar-refractivity contribution in [1.29, 1.82) is 0 Å². The summed E-state index contributed by atoms with van der Waals surface area (Å²) in [6.07, 6.45) is 2.50. The third-order valence-corrected chi connectivity index (χ3v) is 3.45. The molecular formula is C18H23N3O3. The van der Waals surface area contributed by atoms with Gasteiger partial charge in [-0.3, -0.25) is 9.78 Å². The van der Waals surface area contributed by atoms with Crippen molar-refractivity contribution in [2.24, 2.45) is 0 Å².